The molecule has 6 nitrogen and oxygen atoms in total. The minimum absolute atomic E-state index is 0.0895. The van der Waals surface area contributed by atoms with Crippen LogP contribution in [-0.2, 0) is 9.59 Å². The Labute approximate surface area is 158 Å². The zero-order chi connectivity index (χ0) is 18.8. The van der Waals surface area contributed by atoms with Crippen molar-refractivity contribution >= 4 is 23.2 Å². The molecule has 6 heteroatoms. The number of piperazine rings is 1. The Balaban J connectivity index is 1.43. The van der Waals surface area contributed by atoms with Crippen LogP contribution >= 0.6 is 0 Å². The summed E-state index contributed by atoms with van der Waals surface area (Å²) in [6, 6.07) is 17.1. The number of imide groups is 1. The first-order valence-corrected chi connectivity index (χ1v) is 9.33. The van der Waals surface area contributed by atoms with Gasteiger partial charge in [0.05, 0.1) is 45.4 Å². The van der Waals surface area contributed by atoms with Gasteiger partial charge in [-0.15, -0.1) is 0 Å². The van der Waals surface area contributed by atoms with Crippen LogP contribution in [-0.4, -0.2) is 51.1 Å². The van der Waals surface area contributed by atoms with Crippen molar-refractivity contribution in [3.05, 3.63) is 54.6 Å². The van der Waals surface area contributed by atoms with E-state index < -0.39 is 0 Å². The van der Waals surface area contributed by atoms with Crippen LogP contribution in [0.1, 0.15) is 6.42 Å². The van der Waals surface area contributed by atoms with E-state index in [2.05, 4.69) is 17.0 Å². The van der Waals surface area contributed by atoms with Gasteiger partial charge < -0.3 is 14.5 Å². The van der Waals surface area contributed by atoms with Gasteiger partial charge in [0.1, 0.15) is 5.75 Å². The summed E-state index contributed by atoms with van der Waals surface area (Å²) in [5, 5.41) is 0. The molecule has 2 heterocycles. The number of methoxy groups -OCH3 is 1. The molecule has 0 radical (unpaired) electrons. The van der Waals surface area contributed by atoms with Crippen LogP contribution in [0, 0.1) is 0 Å². The van der Waals surface area contributed by atoms with Gasteiger partial charge in [0.2, 0.25) is 5.91 Å². The first-order valence-electron chi connectivity index (χ1n) is 9.33. The molecular weight excluding hydrogens is 342 g/mol. The maximum atomic E-state index is 13.0. The van der Waals surface area contributed by atoms with E-state index in [1.807, 2.05) is 18.2 Å². The van der Waals surface area contributed by atoms with E-state index in [0.717, 1.165) is 26.2 Å². The SMILES string of the molecule is COc1ccc(N2C(=O)C[C@H]([NH+]3CCN(c4ccccc4)CC3)C2=O)cc1. The average molecular weight is 366 g/mol. The third kappa shape index (κ3) is 3.40. The van der Waals surface area contributed by atoms with Crippen molar-refractivity contribution in [2.45, 2.75) is 12.5 Å². The predicted molar refractivity (Wildman–Crippen MR) is 103 cm³/mol. The standard InChI is InChI=1S/C21H23N3O3/c1-27-18-9-7-17(8-10-18)24-20(25)15-19(21(24)26)23-13-11-22(12-14-23)16-5-3-2-4-6-16/h2-10,19H,11-15H2,1H3/p+1/t19-/m0/s1. The number of amides is 2. The molecule has 1 atom stereocenters. The van der Waals surface area contributed by atoms with Crippen LogP contribution < -0.4 is 19.4 Å². The minimum Gasteiger partial charge on any atom is -0.497 e. The molecule has 27 heavy (non-hydrogen) atoms. The van der Waals surface area contributed by atoms with Gasteiger partial charge in [-0.1, -0.05) is 18.2 Å². The molecular formula is C21H24N3O3+. The van der Waals surface area contributed by atoms with Crippen LogP contribution in [0.3, 0.4) is 0 Å². The Hall–Kier alpha value is -2.86. The molecule has 0 saturated carbocycles. The van der Waals surface area contributed by atoms with Gasteiger partial charge >= 0.3 is 0 Å². The largest absolute Gasteiger partial charge is 0.497 e. The summed E-state index contributed by atoms with van der Waals surface area (Å²) in [5.74, 6) is 0.499. The van der Waals surface area contributed by atoms with Gasteiger partial charge in [-0.2, -0.15) is 0 Å². The van der Waals surface area contributed by atoms with E-state index in [1.165, 1.54) is 15.5 Å². The highest BCUT2D eigenvalue weighted by Gasteiger charge is 2.46. The summed E-state index contributed by atoms with van der Waals surface area (Å²) in [4.78, 5) is 30.4. The maximum absolute atomic E-state index is 13.0. The maximum Gasteiger partial charge on any atom is 0.292 e. The first-order chi connectivity index (χ1) is 13.2. The second kappa shape index (κ2) is 7.40. The number of ether oxygens (including phenoxy) is 1. The molecule has 2 fully saturated rings. The van der Waals surface area contributed by atoms with Crippen molar-refractivity contribution in [3.8, 4) is 5.75 Å². The van der Waals surface area contributed by atoms with E-state index in [-0.39, 0.29) is 24.3 Å². The molecule has 140 valence electrons. The molecule has 0 aliphatic carbocycles. The molecule has 0 unspecified atom stereocenters. The highest BCUT2D eigenvalue weighted by Crippen LogP contribution is 2.24. The smallest absolute Gasteiger partial charge is 0.292 e. The summed E-state index contributed by atoms with van der Waals surface area (Å²) in [6.07, 6.45) is 0.283. The van der Waals surface area contributed by atoms with Crippen molar-refractivity contribution in [3.63, 3.8) is 0 Å². The zero-order valence-corrected chi connectivity index (χ0v) is 15.4. The molecule has 0 spiro atoms. The topological polar surface area (TPSA) is 54.3 Å². The minimum atomic E-state index is -0.280. The van der Waals surface area contributed by atoms with Crippen LogP contribution in [0.5, 0.6) is 5.75 Å². The van der Waals surface area contributed by atoms with Crippen molar-refractivity contribution in [2.75, 3.05) is 43.1 Å². The van der Waals surface area contributed by atoms with Crippen molar-refractivity contribution in [1.29, 1.82) is 0 Å². The number of anilines is 2. The highest BCUT2D eigenvalue weighted by atomic mass is 16.5. The lowest BCUT2D eigenvalue weighted by molar-refractivity contribution is -0.915. The number of carbonyl (C=O) groups excluding carboxylic acids is 2. The highest BCUT2D eigenvalue weighted by molar-refractivity contribution is 6.21. The molecule has 0 aromatic heterocycles. The van der Waals surface area contributed by atoms with Gasteiger partial charge in [-0.05, 0) is 36.4 Å². The number of nitrogens with one attached hydrogen (secondary N) is 1. The third-order valence-corrected chi connectivity index (χ3v) is 5.50. The first kappa shape index (κ1) is 17.5. The van der Waals surface area contributed by atoms with Gasteiger partial charge in [0.15, 0.2) is 6.04 Å². The number of para-hydroxylation sites is 1. The van der Waals surface area contributed by atoms with E-state index in [1.54, 1.807) is 31.4 Å². The number of nitrogens with zero attached hydrogens (tertiary/aromatic N) is 2. The number of carbonyl (C=O) groups is 2. The Morgan fingerprint density at radius 1 is 0.926 bits per heavy atom. The van der Waals surface area contributed by atoms with Crippen LogP contribution in [0.4, 0.5) is 11.4 Å². The summed E-state index contributed by atoms with van der Waals surface area (Å²) >= 11 is 0. The monoisotopic (exact) mass is 366 g/mol. The second-order valence-electron chi connectivity index (χ2n) is 7.00. The molecule has 2 aliphatic heterocycles. The number of hydrogen-bond donors (Lipinski definition) is 1. The second-order valence-corrected chi connectivity index (χ2v) is 7.00. The van der Waals surface area contributed by atoms with E-state index in [4.69, 9.17) is 4.74 Å². The molecule has 2 aliphatic rings. The van der Waals surface area contributed by atoms with E-state index in [0.29, 0.717) is 11.4 Å². The van der Waals surface area contributed by atoms with Crippen molar-refractivity contribution in [1.82, 2.24) is 0 Å². The van der Waals surface area contributed by atoms with E-state index >= 15 is 0 Å². The Kier molecular flexibility index (Phi) is 4.81. The third-order valence-electron chi connectivity index (χ3n) is 5.50. The van der Waals surface area contributed by atoms with Crippen LogP contribution in [0.15, 0.2) is 54.6 Å². The fourth-order valence-corrected chi connectivity index (χ4v) is 3.99. The summed E-state index contributed by atoms with van der Waals surface area (Å²) in [7, 11) is 1.59. The summed E-state index contributed by atoms with van der Waals surface area (Å²) < 4.78 is 5.15. The van der Waals surface area contributed by atoms with Gasteiger partial charge in [-0.25, -0.2) is 4.90 Å². The fraction of sp³-hybridized carbons (Fsp3) is 0.333. The van der Waals surface area contributed by atoms with Gasteiger partial charge in [-0.3, -0.25) is 9.59 Å². The molecule has 2 aromatic carbocycles. The quantitative estimate of drug-likeness (QED) is 0.811. The number of hydrogen-bond acceptors (Lipinski definition) is 4. The normalized spacial score (nSPS) is 21.0. The number of benzene rings is 2. The molecule has 2 saturated heterocycles. The molecule has 2 amide bonds. The molecule has 1 N–H and O–H groups in total. The van der Waals surface area contributed by atoms with E-state index in [9.17, 15) is 9.59 Å². The fourth-order valence-electron chi connectivity index (χ4n) is 3.99. The zero-order valence-electron chi connectivity index (χ0n) is 15.4. The number of rotatable bonds is 4. The van der Waals surface area contributed by atoms with Crippen molar-refractivity contribution in [2.24, 2.45) is 0 Å². The lowest BCUT2D eigenvalue weighted by atomic mass is 10.1. The Morgan fingerprint density at radius 3 is 2.22 bits per heavy atom. The molecule has 2 aromatic rings. The average Bonchev–Trinajstić information content (AvgIpc) is 3.03. The summed E-state index contributed by atoms with van der Waals surface area (Å²) in [5.41, 5.74) is 1.83. The lowest BCUT2D eigenvalue weighted by Gasteiger charge is -2.35. The van der Waals surface area contributed by atoms with Crippen molar-refractivity contribution < 1.29 is 19.2 Å². The lowest BCUT2D eigenvalue weighted by Crippen LogP contribution is -3.19. The van der Waals surface area contributed by atoms with Crippen LogP contribution in [0.2, 0.25) is 0 Å². The number of quaternary nitrogens is 1. The van der Waals surface area contributed by atoms with Gasteiger partial charge in [0, 0.05) is 5.69 Å². The predicted octanol–water partition coefficient (Wildman–Crippen LogP) is 0.732. The van der Waals surface area contributed by atoms with Gasteiger partial charge in [0.25, 0.3) is 5.91 Å². The Bertz CT molecular complexity index is 814. The molecule has 4 rings (SSSR count). The summed E-state index contributed by atoms with van der Waals surface area (Å²) in [6.45, 7) is 3.49. The van der Waals surface area contributed by atoms with Crippen LogP contribution in [0.25, 0.3) is 0 Å². The molecule has 0 bridgehead atoms. The Morgan fingerprint density at radius 2 is 1.59 bits per heavy atom.